The Kier molecular flexibility index (Phi) is 6.24. The zero-order valence-corrected chi connectivity index (χ0v) is 17.0. The summed E-state index contributed by atoms with van der Waals surface area (Å²) in [5.74, 6) is -0.204. The van der Waals surface area contributed by atoms with E-state index in [9.17, 15) is 4.79 Å². The third-order valence-corrected chi connectivity index (χ3v) is 5.14. The molecule has 134 valence electrons. The van der Waals surface area contributed by atoms with Crippen LogP contribution in [0.1, 0.15) is 10.5 Å². The Bertz CT molecular complexity index is 915. The molecule has 0 atom stereocenters. The van der Waals surface area contributed by atoms with Gasteiger partial charge in [-0.15, -0.1) is 0 Å². The Balaban J connectivity index is 1.93. The van der Waals surface area contributed by atoms with E-state index in [0.29, 0.717) is 22.8 Å². The topological polar surface area (TPSA) is 58.1 Å². The average Bonchev–Trinajstić information content (AvgIpc) is 2.62. The van der Waals surface area contributed by atoms with Crippen LogP contribution in [-0.2, 0) is 0 Å². The number of carbonyl (C=O) groups excluding carboxylic acids is 1. The summed E-state index contributed by atoms with van der Waals surface area (Å²) in [4.78, 5) is 24.9. The number of carbonyl (C=O) groups is 1. The first-order valence-electron chi connectivity index (χ1n) is 8.16. The second-order valence-electron chi connectivity index (χ2n) is 5.98. The van der Waals surface area contributed by atoms with Gasteiger partial charge in [-0.05, 0) is 50.5 Å². The molecule has 3 rings (SSSR count). The van der Waals surface area contributed by atoms with E-state index in [4.69, 9.17) is 0 Å². The summed E-state index contributed by atoms with van der Waals surface area (Å²) in [5.41, 5.74) is 1.85. The second kappa shape index (κ2) is 8.62. The average molecular weight is 431 g/mol. The van der Waals surface area contributed by atoms with Gasteiger partial charge in [-0.2, -0.15) is 0 Å². The number of para-hydroxylation sites is 2. The second-order valence-corrected chi connectivity index (χ2v) is 7.96. The van der Waals surface area contributed by atoms with Gasteiger partial charge in [0.25, 0.3) is 5.91 Å². The first-order valence-corrected chi connectivity index (χ1v) is 9.77. The van der Waals surface area contributed by atoms with E-state index < -0.39 is 0 Å². The number of likely N-dealkylation sites (N-methyl/N-ethyl adjacent to an activating group) is 1. The number of fused-ring (bicyclic) bond motifs is 1. The van der Waals surface area contributed by atoms with Gasteiger partial charge in [-0.3, -0.25) is 4.79 Å². The molecule has 7 heteroatoms. The van der Waals surface area contributed by atoms with Crippen LogP contribution in [0.15, 0.2) is 62.9 Å². The highest BCUT2D eigenvalue weighted by atomic mass is 79.9. The Morgan fingerprint density at radius 3 is 2.38 bits per heavy atom. The smallest absolute Gasteiger partial charge is 0.272 e. The lowest BCUT2D eigenvalue weighted by Crippen LogP contribution is -2.32. The number of aromatic nitrogens is 2. The number of nitrogens with one attached hydrogen (secondary N) is 1. The van der Waals surface area contributed by atoms with Crippen molar-refractivity contribution < 1.29 is 4.79 Å². The van der Waals surface area contributed by atoms with E-state index in [1.165, 1.54) is 11.8 Å². The van der Waals surface area contributed by atoms with Gasteiger partial charge in [-0.25, -0.2) is 9.97 Å². The maximum absolute atomic E-state index is 12.7. The largest absolute Gasteiger partial charge is 0.349 e. The molecule has 0 aliphatic heterocycles. The van der Waals surface area contributed by atoms with E-state index in [1.54, 1.807) is 0 Å². The van der Waals surface area contributed by atoms with Crippen molar-refractivity contribution in [2.24, 2.45) is 0 Å². The summed E-state index contributed by atoms with van der Waals surface area (Å²) in [6.45, 7) is 1.32. The minimum absolute atomic E-state index is 0.204. The summed E-state index contributed by atoms with van der Waals surface area (Å²) in [6, 6.07) is 15.5. The third-order valence-electron chi connectivity index (χ3n) is 3.63. The molecule has 1 heterocycles. The fraction of sp³-hybridized carbons (Fsp3) is 0.211. The van der Waals surface area contributed by atoms with E-state index in [-0.39, 0.29) is 5.91 Å². The molecule has 0 unspecified atom stereocenters. The number of hydrogen-bond donors (Lipinski definition) is 1. The highest BCUT2D eigenvalue weighted by Gasteiger charge is 2.17. The van der Waals surface area contributed by atoms with Crippen molar-refractivity contribution in [2.75, 3.05) is 27.2 Å². The van der Waals surface area contributed by atoms with Crippen molar-refractivity contribution in [1.29, 1.82) is 0 Å². The number of rotatable bonds is 6. The number of nitrogens with zero attached hydrogens (tertiary/aromatic N) is 3. The van der Waals surface area contributed by atoms with Crippen LogP contribution in [0.2, 0.25) is 0 Å². The van der Waals surface area contributed by atoms with Crippen LogP contribution in [-0.4, -0.2) is 48.0 Å². The van der Waals surface area contributed by atoms with Gasteiger partial charge in [0.05, 0.1) is 11.0 Å². The van der Waals surface area contributed by atoms with Gasteiger partial charge in [0.2, 0.25) is 0 Å². The lowest BCUT2D eigenvalue weighted by atomic mass is 10.3. The Labute approximate surface area is 165 Å². The monoisotopic (exact) mass is 430 g/mol. The predicted molar refractivity (Wildman–Crippen MR) is 109 cm³/mol. The molecular formula is C19H19BrN4OS. The molecule has 3 aromatic rings. The minimum atomic E-state index is -0.204. The van der Waals surface area contributed by atoms with Crippen LogP contribution in [0.4, 0.5) is 0 Å². The summed E-state index contributed by atoms with van der Waals surface area (Å²) in [7, 11) is 3.94. The fourth-order valence-electron chi connectivity index (χ4n) is 2.29. The quantitative estimate of drug-likeness (QED) is 0.643. The Hall–Kier alpha value is -1.96. The molecule has 0 bridgehead atoms. The normalized spacial score (nSPS) is 11.1. The van der Waals surface area contributed by atoms with Crippen LogP contribution in [0, 0.1) is 0 Å². The van der Waals surface area contributed by atoms with Crippen molar-refractivity contribution in [3.63, 3.8) is 0 Å². The van der Waals surface area contributed by atoms with E-state index in [2.05, 4.69) is 31.2 Å². The van der Waals surface area contributed by atoms with Crippen LogP contribution in [0.25, 0.3) is 11.0 Å². The highest BCUT2D eigenvalue weighted by molar-refractivity contribution is 9.10. The van der Waals surface area contributed by atoms with Crippen molar-refractivity contribution in [3.8, 4) is 0 Å². The van der Waals surface area contributed by atoms with Crippen molar-refractivity contribution in [1.82, 2.24) is 20.2 Å². The van der Waals surface area contributed by atoms with Crippen LogP contribution < -0.4 is 5.32 Å². The first-order chi connectivity index (χ1) is 12.5. The lowest BCUT2D eigenvalue weighted by molar-refractivity contribution is 0.0942. The van der Waals surface area contributed by atoms with E-state index in [1.807, 2.05) is 67.5 Å². The third kappa shape index (κ3) is 4.81. The van der Waals surface area contributed by atoms with Crippen LogP contribution in [0.3, 0.4) is 0 Å². The molecule has 1 amide bonds. The highest BCUT2D eigenvalue weighted by Crippen LogP contribution is 2.30. The van der Waals surface area contributed by atoms with Crippen molar-refractivity contribution in [2.45, 2.75) is 9.92 Å². The molecule has 0 saturated carbocycles. The predicted octanol–water partition coefficient (Wildman–Crippen LogP) is 3.83. The molecule has 26 heavy (non-hydrogen) atoms. The maximum Gasteiger partial charge on any atom is 0.272 e. The summed E-state index contributed by atoms with van der Waals surface area (Å²) < 4.78 is 1.01. The Morgan fingerprint density at radius 1 is 1.08 bits per heavy atom. The molecular weight excluding hydrogens is 412 g/mol. The number of halogens is 1. The van der Waals surface area contributed by atoms with Gasteiger partial charge in [-0.1, -0.05) is 39.8 Å². The maximum atomic E-state index is 12.7. The summed E-state index contributed by atoms with van der Waals surface area (Å²) in [5, 5.41) is 3.53. The molecule has 0 fully saturated rings. The summed E-state index contributed by atoms with van der Waals surface area (Å²) in [6.07, 6.45) is 0. The zero-order valence-electron chi connectivity index (χ0n) is 14.6. The molecule has 0 spiro atoms. The van der Waals surface area contributed by atoms with Crippen LogP contribution >= 0.6 is 27.7 Å². The number of hydrogen-bond acceptors (Lipinski definition) is 5. The van der Waals surface area contributed by atoms with Gasteiger partial charge in [0, 0.05) is 22.5 Å². The SMILES string of the molecule is CN(C)CCNC(=O)c1nc2ccccc2nc1Sc1ccc(Br)cc1. The molecule has 5 nitrogen and oxygen atoms in total. The molecule has 0 radical (unpaired) electrons. The lowest BCUT2D eigenvalue weighted by Gasteiger charge is -2.12. The summed E-state index contributed by atoms with van der Waals surface area (Å²) >= 11 is 4.88. The van der Waals surface area contributed by atoms with Gasteiger partial charge < -0.3 is 10.2 Å². The molecule has 2 aromatic carbocycles. The minimum Gasteiger partial charge on any atom is -0.349 e. The molecule has 0 aliphatic rings. The van der Waals surface area contributed by atoms with Gasteiger partial charge in [0.15, 0.2) is 5.69 Å². The number of amides is 1. The standard InChI is InChI=1S/C19H19BrN4OS/c1-24(2)12-11-21-18(25)17-19(26-14-9-7-13(20)8-10-14)23-16-6-4-3-5-15(16)22-17/h3-10H,11-12H2,1-2H3,(H,21,25). The van der Waals surface area contributed by atoms with Gasteiger partial charge in [0.1, 0.15) is 5.03 Å². The van der Waals surface area contributed by atoms with Gasteiger partial charge >= 0.3 is 0 Å². The Morgan fingerprint density at radius 2 is 1.73 bits per heavy atom. The fourth-order valence-corrected chi connectivity index (χ4v) is 3.43. The van der Waals surface area contributed by atoms with E-state index in [0.717, 1.165) is 21.4 Å². The zero-order chi connectivity index (χ0) is 18.5. The van der Waals surface area contributed by atoms with Crippen molar-refractivity contribution >= 4 is 44.6 Å². The molecule has 0 aliphatic carbocycles. The first kappa shape index (κ1) is 18.8. The van der Waals surface area contributed by atoms with Crippen molar-refractivity contribution in [3.05, 3.63) is 58.7 Å². The molecule has 0 saturated heterocycles. The van der Waals surface area contributed by atoms with Crippen LogP contribution in [0.5, 0.6) is 0 Å². The number of benzene rings is 2. The van der Waals surface area contributed by atoms with E-state index >= 15 is 0 Å². The molecule has 1 aromatic heterocycles. The molecule has 1 N–H and O–H groups in total.